The summed E-state index contributed by atoms with van der Waals surface area (Å²) in [6.07, 6.45) is -4.41. The Balaban J connectivity index is 2.49. The first-order chi connectivity index (χ1) is 8.41. The van der Waals surface area contributed by atoms with Crippen LogP contribution in [-0.4, -0.2) is 0 Å². The van der Waals surface area contributed by atoms with Crippen LogP contribution < -0.4 is 5.73 Å². The predicted octanol–water partition coefficient (Wildman–Crippen LogP) is 4.08. The molecule has 2 N–H and O–H groups in total. The molecule has 0 saturated heterocycles. The molecule has 2 nitrogen and oxygen atoms in total. The Morgan fingerprint density at radius 3 is 2.44 bits per heavy atom. The van der Waals surface area contributed by atoms with Gasteiger partial charge >= 0.3 is 6.18 Å². The van der Waals surface area contributed by atoms with Crippen molar-refractivity contribution in [1.82, 2.24) is 0 Å². The number of hydrogen-bond acceptors (Lipinski definition) is 2. The lowest BCUT2D eigenvalue weighted by Gasteiger charge is -2.09. The van der Waals surface area contributed by atoms with Crippen LogP contribution in [-0.2, 0) is 12.7 Å². The third kappa shape index (κ3) is 2.52. The van der Waals surface area contributed by atoms with Crippen molar-refractivity contribution in [3.05, 3.63) is 46.7 Å². The molecule has 1 aromatic heterocycles. The van der Waals surface area contributed by atoms with E-state index >= 15 is 0 Å². The SMILES string of the molecule is NCc1ccc(-c2cc(C(F)(F)F)ccc2Cl)o1. The van der Waals surface area contributed by atoms with E-state index in [1.165, 1.54) is 6.07 Å². The van der Waals surface area contributed by atoms with Crippen molar-refractivity contribution in [2.75, 3.05) is 0 Å². The summed E-state index contributed by atoms with van der Waals surface area (Å²) >= 11 is 5.87. The predicted molar refractivity (Wildman–Crippen MR) is 62.0 cm³/mol. The Bertz CT molecular complexity index is 563. The number of furan rings is 1. The minimum absolute atomic E-state index is 0.177. The number of halogens is 4. The van der Waals surface area contributed by atoms with E-state index in [1.807, 2.05) is 0 Å². The lowest BCUT2D eigenvalue weighted by Crippen LogP contribution is -2.04. The smallest absolute Gasteiger partial charge is 0.416 e. The maximum atomic E-state index is 12.6. The molecule has 0 aliphatic carbocycles. The fourth-order valence-corrected chi connectivity index (χ4v) is 1.73. The van der Waals surface area contributed by atoms with E-state index in [0.717, 1.165) is 12.1 Å². The Morgan fingerprint density at radius 2 is 1.89 bits per heavy atom. The van der Waals surface area contributed by atoms with Gasteiger partial charge in [-0.2, -0.15) is 13.2 Å². The van der Waals surface area contributed by atoms with Gasteiger partial charge in [0.15, 0.2) is 0 Å². The first-order valence-corrected chi connectivity index (χ1v) is 5.45. The second-order valence-electron chi connectivity index (χ2n) is 3.66. The maximum absolute atomic E-state index is 12.6. The van der Waals surface area contributed by atoms with Gasteiger partial charge in [-0.15, -0.1) is 0 Å². The highest BCUT2D eigenvalue weighted by atomic mass is 35.5. The highest BCUT2D eigenvalue weighted by molar-refractivity contribution is 6.33. The van der Waals surface area contributed by atoms with E-state index < -0.39 is 11.7 Å². The quantitative estimate of drug-likeness (QED) is 0.897. The average Bonchev–Trinajstić information content (AvgIpc) is 2.76. The minimum atomic E-state index is -4.41. The molecule has 0 unspecified atom stereocenters. The van der Waals surface area contributed by atoms with E-state index in [4.69, 9.17) is 21.8 Å². The van der Waals surface area contributed by atoms with Crippen LogP contribution in [0.25, 0.3) is 11.3 Å². The molecular weight excluding hydrogens is 267 g/mol. The number of benzene rings is 1. The van der Waals surface area contributed by atoms with Gasteiger partial charge in [0, 0.05) is 5.56 Å². The fourth-order valence-electron chi connectivity index (χ4n) is 1.52. The van der Waals surface area contributed by atoms with E-state index in [2.05, 4.69) is 0 Å². The second-order valence-corrected chi connectivity index (χ2v) is 4.07. The lowest BCUT2D eigenvalue weighted by atomic mass is 10.1. The van der Waals surface area contributed by atoms with Gasteiger partial charge in [-0.3, -0.25) is 0 Å². The first kappa shape index (κ1) is 13.0. The van der Waals surface area contributed by atoms with Crippen molar-refractivity contribution >= 4 is 11.6 Å². The molecule has 2 aromatic rings. The number of nitrogens with two attached hydrogens (primary N) is 1. The third-order valence-electron chi connectivity index (χ3n) is 2.42. The van der Waals surface area contributed by atoms with E-state index in [0.29, 0.717) is 5.76 Å². The van der Waals surface area contributed by atoms with Gasteiger partial charge in [-0.05, 0) is 30.3 Å². The molecule has 0 saturated carbocycles. The largest absolute Gasteiger partial charge is 0.460 e. The summed E-state index contributed by atoms with van der Waals surface area (Å²) in [5, 5.41) is 0.195. The Morgan fingerprint density at radius 1 is 1.17 bits per heavy atom. The molecule has 0 spiro atoms. The molecule has 18 heavy (non-hydrogen) atoms. The van der Waals surface area contributed by atoms with Crippen molar-refractivity contribution in [1.29, 1.82) is 0 Å². The molecule has 96 valence electrons. The van der Waals surface area contributed by atoms with Gasteiger partial charge in [0.05, 0.1) is 17.1 Å². The molecule has 6 heteroatoms. The van der Waals surface area contributed by atoms with Crippen LogP contribution in [0.1, 0.15) is 11.3 Å². The molecule has 0 fully saturated rings. The molecule has 0 atom stereocenters. The molecule has 0 radical (unpaired) electrons. The number of rotatable bonds is 2. The lowest BCUT2D eigenvalue weighted by molar-refractivity contribution is -0.137. The average molecular weight is 276 g/mol. The van der Waals surface area contributed by atoms with Crippen molar-refractivity contribution < 1.29 is 17.6 Å². The molecule has 1 heterocycles. The van der Waals surface area contributed by atoms with E-state index in [-0.39, 0.29) is 22.9 Å². The summed E-state index contributed by atoms with van der Waals surface area (Å²) in [5.41, 5.74) is 4.80. The normalized spacial score (nSPS) is 11.8. The van der Waals surface area contributed by atoms with Crippen LogP contribution in [0, 0.1) is 0 Å². The van der Waals surface area contributed by atoms with Crippen molar-refractivity contribution in [2.24, 2.45) is 5.73 Å². The topological polar surface area (TPSA) is 39.2 Å². The van der Waals surface area contributed by atoms with Gasteiger partial charge in [0.25, 0.3) is 0 Å². The first-order valence-electron chi connectivity index (χ1n) is 5.07. The third-order valence-corrected chi connectivity index (χ3v) is 2.75. The van der Waals surface area contributed by atoms with Gasteiger partial charge in [-0.25, -0.2) is 0 Å². The summed E-state index contributed by atoms with van der Waals surface area (Å²) in [6.45, 7) is 0.177. The van der Waals surface area contributed by atoms with Crippen LogP contribution in [0.5, 0.6) is 0 Å². The standard InChI is InChI=1S/C12H9ClF3NO/c13-10-3-1-7(12(14,15)16)5-9(10)11-4-2-8(6-17)18-11/h1-5H,6,17H2. The van der Waals surface area contributed by atoms with Crippen LogP contribution in [0.4, 0.5) is 13.2 Å². The van der Waals surface area contributed by atoms with E-state index in [9.17, 15) is 13.2 Å². The van der Waals surface area contributed by atoms with Gasteiger partial charge in [0.1, 0.15) is 11.5 Å². The van der Waals surface area contributed by atoms with Crippen molar-refractivity contribution in [3.8, 4) is 11.3 Å². The zero-order valence-electron chi connectivity index (χ0n) is 9.09. The van der Waals surface area contributed by atoms with Gasteiger partial charge in [-0.1, -0.05) is 11.6 Å². The monoisotopic (exact) mass is 275 g/mol. The molecular formula is C12H9ClF3NO. The van der Waals surface area contributed by atoms with Crippen LogP contribution >= 0.6 is 11.6 Å². The Hall–Kier alpha value is -1.46. The van der Waals surface area contributed by atoms with Gasteiger partial charge < -0.3 is 10.2 Å². The summed E-state index contributed by atoms with van der Waals surface area (Å²) in [7, 11) is 0. The minimum Gasteiger partial charge on any atom is -0.460 e. The van der Waals surface area contributed by atoms with Gasteiger partial charge in [0.2, 0.25) is 0 Å². The fraction of sp³-hybridized carbons (Fsp3) is 0.167. The van der Waals surface area contributed by atoms with Crippen molar-refractivity contribution in [3.63, 3.8) is 0 Å². The van der Waals surface area contributed by atoms with E-state index in [1.54, 1.807) is 12.1 Å². The van der Waals surface area contributed by atoms with Crippen molar-refractivity contribution in [2.45, 2.75) is 12.7 Å². The number of alkyl halides is 3. The molecule has 1 aromatic carbocycles. The second kappa shape index (κ2) is 4.66. The van der Waals surface area contributed by atoms with Crippen LogP contribution in [0.2, 0.25) is 5.02 Å². The Kier molecular flexibility index (Phi) is 3.36. The molecule has 0 bridgehead atoms. The summed E-state index contributed by atoms with van der Waals surface area (Å²) < 4.78 is 43.1. The summed E-state index contributed by atoms with van der Waals surface area (Å²) in [6, 6.07) is 6.24. The molecule has 0 amide bonds. The molecule has 0 aliphatic rings. The molecule has 0 aliphatic heterocycles. The zero-order valence-corrected chi connectivity index (χ0v) is 9.85. The Labute approximate surface area is 106 Å². The number of hydrogen-bond donors (Lipinski definition) is 1. The zero-order chi connectivity index (χ0) is 13.3. The van der Waals surface area contributed by atoms with Crippen LogP contribution in [0.3, 0.4) is 0 Å². The highest BCUT2D eigenvalue weighted by Gasteiger charge is 2.31. The highest BCUT2D eigenvalue weighted by Crippen LogP contribution is 2.36. The molecule has 2 rings (SSSR count). The summed E-state index contributed by atoms with van der Waals surface area (Å²) in [4.78, 5) is 0. The van der Waals surface area contributed by atoms with Crippen LogP contribution in [0.15, 0.2) is 34.7 Å². The summed E-state index contributed by atoms with van der Waals surface area (Å²) in [5.74, 6) is 0.755. The maximum Gasteiger partial charge on any atom is 0.416 e.